The van der Waals surface area contributed by atoms with Crippen molar-refractivity contribution in [2.75, 3.05) is 20.8 Å². The molecule has 0 saturated carbocycles. The molecular weight excluding hydrogens is 274 g/mol. The maximum absolute atomic E-state index is 5.52. The lowest BCUT2D eigenvalue weighted by molar-refractivity contribution is -0.712. The Labute approximate surface area is 131 Å². The number of allylic oxidation sites excluding steroid dienone is 1. The van der Waals surface area contributed by atoms with Gasteiger partial charge in [-0.3, -0.25) is 0 Å². The minimum Gasteiger partial charge on any atom is -0.495 e. The molecule has 0 N–H and O–H groups in total. The summed E-state index contributed by atoms with van der Waals surface area (Å²) in [5.41, 5.74) is 3.83. The molecule has 1 aromatic carbocycles. The highest BCUT2D eigenvalue weighted by molar-refractivity contribution is 5.63. The Morgan fingerprint density at radius 2 is 1.91 bits per heavy atom. The summed E-state index contributed by atoms with van der Waals surface area (Å²) in [5.74, 6) is 1.08. The highest BCUT2D eigenvalue weighted by atomic mass is 16.5. The van der Waals surface area contributed by atoms with Gasteiger partial charge in [-0.1, -0.05) is 24.8 Å². The first kappa shape index (κ1) is 14.8. The van der Waals surface area contributed by atoms with E-state index in [0.29, 0.717) is 5.92 Å². The van der Waals surface area contributed by atoms with Gasteiger partial charge in [-0.15, -0.1) is 0 Å². The molecule has 0 spiro atoms. The van der Waals surface area contributed by atoms with Crippen molar-refractivity contribution >= 4 is 0 Å². The minimum absolute atomic E-state index is 0.0891. The Hall–Kier alpha value is -2.13. The lowest BCUT2D eigenvalue weighted by Crippen LogP contribution is -2.48. The monoisotopic (exact) mass is 296 g/mol. The maximum Gasteiger partial charge on any atom is 0.221 e. The van der Waals surface area contributed by atoms with Crippen molar-refractivity contribution in [3.63, 3.8) is 0 Å². The number of pyridine rings is 1. The van der Waals surface area contributed by atoms with Gasteiger partial charge in [0, 0.05) is 31.4 Å². The third-order valence-corrected chi connectivity index (χ3v) is 4.43. The van der Waals surface area contributed by atoms with Crippen LogP contribution in [0.15, 0.2) is 61.0 Å². The number of methoxy groups -OCH3 is 2. The van der Waals surface area contributed by atoms with E-state index in [9.17, 15) is 0 Å². The molecule has 1 aromatic heterocycles. The van der Waals surface area contributed by atoms with Crippen molar-refractivity contribution in [3.05, 3.63) is 66.6 Å². The fourth-order valence-corrected chi connectivity index (χ4v) is 3.40. The minimum atomic E-state index is 0.0891. The summed E-state index contributed by atoms with van der Waals surface area (Å²) in [6.45, 7) is 4.86. The molecule has 22 heavy (non-hydrogen) atoms. The molecule has 2 unspecified atom stereocenters. The van der Waals surface area contributed by atoms with Gasteiger partial charge in [-0.25, -0.2) is 0 Å². The van der Waals surface area contributed by atoms with Gasteiger partial charge in [-0.2, -0.15) is 4.57 Å². The van der Waals surface area contributed by atoms with E-state index in [2.05, 4.69) is 59.8 Å². The quantitative estimate of drug-likeness (QED) is 0.622. The molecule has 0 saturated heterocycles. The first-order valence-corrected chi connectivity index (χ1v) is 7.59. The van der Waals surface area contributed by atoms with Gasteiger partial charge in [0.25, 0.3) is 0 Å². The number of nitrogens with zero attached hydrogens (tertiary/aromatic N) is 1. The standard InChI is InChI=1S/C19H22NO2/c1-14(22-3)19-17(11-13-21-2)15-8-4-5-9-16(15)18-10-6-7-12-20(18)19/h4-10,12,17,19H,1,11,13H2,2-3H3/q+1. The van der Waals surface area contributed by atoms with E-state index in [0.717, 1.165) is 18.8 Å². The zero-order valence-corrected chi connectivity index (χ0v) is 13.2. The van der Waals surface area contributed by atoms with Crippen molar-refractivity contribution in [2.45, 2.75) is 18.4 Å². The molecule has 114 valence electrons. The van der Waals surface area contributed by atoms with Gasteiger partial charge >= 0.3 is 0 Å². The third-order valence-electron chi connectivity index (χ3n) is 4.43. The first-order valence-electron chi connectivity index (χ1n) is 7.59. The van der Waals surface area contributed by atoms with Crippen LogP contribution >= 0.6 is 0 Å². The summed E-state index contributed by atoms with van der Waals surface area (Å²) in [5, 5.41) is 0. The van der Waals surface area contributed by atoms with E-state index in [4.69, 9.17) is 9.47 Å². The Morgan fingerprint density at radius 1 is 1.14 bits per heavy atom. The van der Waals surface area contributed by atoms with E-state index in [1.807, 2.05) is 0 Å². The first-order chi connectivity index (χ1) is 10.8. The second-order valence-corrected chi connectivity index (χ2v) is 5.58. The molecule has 0 fully saturated rings. The fraction of sp³-hybridized carbons (Fsp3) is 0.316. The Kier molecular flexibility index (Phi) is 4.25. The van der Waals surface area contributed by atoms with E-state index in [1.165, 1.54) is 16.8 Å². The molecule has 0 radical (unpaired) electrons. The molecule has 2 heterocycles. The Balaban J connectivity index is 2.18. The van der Waals surface area contributed by atoms with Crippen LogP contribution in [0.4, 0.5) is 0 Å². The summed E-state index contributed by atoms with van der Waals surface area (Å²) in [6.07, 6.45) is 3.04. The molecule has 3 nitrogen and oxygen atoms in total. The molecule has 0 aliphatic carbocycles. The lowest BCUT2D eigenvalue weighted by atomic mass is 9.80. The summed E-state index contributed by atoms with van der Waals surface area (Å²) in [6, 6.07) is 15.0. The highest BCUT2D eigenvalue weighted by Gasteiger charge is 2.41. The molecule has 3 rings (SSSR count). The van der Waals surface area contributed by atoms with Crippen molar-refractivity contribution in [3.8, 4) is 11.3 Å². The van der Waals surface area contributed by atoms with Gasteiger partial charge in [0.05, 0.1) is 13.0 Å². The molecule has 1 aliphatic rings. The largest absolute Gasteiger partial charge is 0.495 e. The zero-order chi connectivity index (χ0) is 15.5. The van der Waals surface area contributed by atoms with Gasteiger partial charge in [0.15, 0.2) is 12.0 Å². The van der Waals surface area contributed by atoms with Crippen LogP contribution in [0.5, 0.6) is 0 Å². The van der Waals surface area contributed by atoms with Crippen LogP contribution in [0, 0.1) is 0 Å². The Bertz CT molecular complexity index is 681. The van der Waals surface area contributed by atoms with Crippen LogP contribution < -0.4 is 4.57 Å². The van der Waals surface area contributed by atoms with Crippen LogP contribution in [0.25, 0.3) is 11.3 Å². The van der Waals surface area contributed by atoms with Crippen LogP contribution in [0.2, 0.25) is 0 Å². The molecule has 0 amide bonds. The average Bonchev–Trinajstić information content (AvgIpc) is 2.58. The highest BCUT2D eigenvalue weighted by Crippen LogP contribution is 2.42. The van der Waals surface area contributed by atoms with Crippen molar-refractivity contribution < 1.29 is 14.0 Å². The van der Waals surface area contributed by atoms with E-state index < -0.39 is 0 Å². The summed E-state index contributed by atoms with van der Waals surface area (Å²) >= 11 is 0. The second kappa shape index (κ2) is 6.32. The van der Waals surface area contributed by atoms with Gasteiger partial charge < -0.3 is 9.47 Å². The maximum atomic E-state index is 5.52. The van der Waals surface area contributed by atoms with Crippen LogP contribution in [0.1, 0.15) is 23.9 Å². The Morgan fingerprint density at radius 3 is 2.68 bits per heavy atom. The van der Waals surface area contributed by atoms with Gasteiger partial charge in [0.2, 0.25) is 11.7 Å². The topological polar surface area (TPSA) is 22.3 Å². The molecule has 1 aliphatic heterocycles. The number of rotatable bonds is 5. The van der Waals surface area contributed by atoms with Crippen LogP contribution in [0.3, 0.4) is 0 Å². The number of ether oxygens (including phenoxy) is 2. The summed E-state index contributed by atoms with van der Waals surface area (Å²) in [7, 11) is 3.44. The van der Waals surface area contributed by atoms with E-state index in [1.54, 1.807) is 14.2 Å². The predicted octanol–water partition coefficient (Wildman–Crippen LogP) is 3.48. The molecule has 2 atom stereocenters. The molecule has 0 bridgehead atoms. The SMILES string of the molecule is C=C(OC)C1C(CCOC)c2ccccc2-c2cccc[n+]21. The lowest BCUT2D eigenvalue weighted by Gasteiger charge is -2.30. The summed E-state index contributed by atoms with van der Waals surface area (Å²) in [4.78, 5) is 0. The molecule has 3 heteroatoms. The van der Waals surface area contributed by atoms with Gasteiger partial charge in [-0.05, 0) is 24.1 Å². The van der Waals surface area contributed by atoms with Gasteiger partial charge in [0.1, 0.15) is 0 Å². The van der Waals surface area contributed by atoms with Crippen molar-refractivity contribution in [1.82, 2.24) is 0 Å². The third kappa shape index (κ3) is 2.42. The smallest absolute Gasteiger partial charge is 0.221 e. The van der Waals surface area contributed by atoms with Crippen molar-refractivity contribution in [2.24, 2.45) is 0 Å². The fourth-order valence-electron chi connectivity index (χ4n) is 3.40. The molecule has 2 aromatic rings. The van der Waals surface area contributed by atoms with E-state index in [-0.39, 0.29) is 6.04 Å². The number of hydrogen-bond donors (Lipinski definition) is 0. The number of hydrogen-bond acceptors (Lipinski definition) is 2. The average molecular weight is 296 g/mol. The van der Waals surface area contributed by atoms with Crippen LogP contribution in [-0.4, -0.2) is 20.8 Å². The molecular formula is C19H22NO2+. The number of aromatic nitrogens is 1. The zero-order valence-electron chi connectivity index (χ0n) is 13.2. The predicted molar refractivity (Wildman–Crippen MR) is 86.5 cm³/mol. The van der Waals surface area contributed by atoms with Crippen LogP contribution in [-0.2, 0) is 9.47 Å². The van der Waals surface area contributed by atoms with E-state index >= 15 is 0 Å². The second-order valence-electron chi connectivity index (χ2n) is 5.58. The number of benzene rings is 1. The number of fused-ring (bicyclic) bond motifs is 3. The normalized spacial score (nSPS) is 19.2. The van der Waals surface area contributed by atoms with Crippen molar-refractivity contribution in [1.29, 1.82) is 0 Å². The summed E-state index contributed by atoms with van der Waals surface area (Å²) < 4.78 is 13.1.